The number of anilines is 2. The smallest absolute Gasteiger partial charge is 0.230 e. The topological polar surface area (TPSA) is 89.9 Å². The minimum atomic E-state index is -0.0991. The molecule has 0 amide bonds. The van der Waals surface area contributed by atoms with Crippen molar-refractivity contribution in [2.24, 2.45) is 5.41 Å². The molecule has 2 heterocycles. The number of rotatable bonds is 4. The number of hydrogen-bond acceptors (Lipinski definition) is 7. The Hall–Kier alpha value is -3.09. The van der Waals surface area contributed by atoms with Gasteiger partial charge in [-0.25, -0.2) is 19.9 Å². The molecule has 2 aromatic heterocycles. The number of hydrogen-bond donors (Lipinski definition) is 1. The van der Waals surface area contributed by atoms with E-state index < -0.39 is 0 Å². The van der Waals surface area contributed by atoms with Crippen molar-refractivity contribution in [2.45, 2.75) is 40.5 Å². The zero-order valence-electron chi connectivity index (χ0n) is 16.5. The van der Waals surface area contributed by atoms with Gasteiger partial charge in [0, 0.05) is 18.0 Å². The number of benzene rings is 1. The molecule has 28 heavy (non-hydrogen) atoms. The van der Waals surface area contributed by atoms with Gasteiger partial charge in [0.2, 0.25) is 11.9 Å². The molecule has 1 aliphatic rings. The number of aryl methyl sites for hydroxylation is 1. The predicted octanol–water partition coefficient (Wildman–Crippen LogP) is 4.03. The summed E-state index contributed by atoms with van der Waals surface area (Å²) >= 11 is 0. The van der Waals surface area contributed by atoms with Crippen molar-refractivity contribution < 1.29 is 9.53 Å². The van der Waals surface area contributed by atoms with Gasteiger partial charge in [0.1, 0.15) is 11.3 Å². The second kappa shape index (κ2) is 6.82. The Labute approximate surface area is 163 Å². The van der Waals surface area contributed by atoms with Crippen LogP contribution in [0.1, 0.15) is 48.9 Å². The lowest BCUT2D eigenvalue weighted by Gasteiger charge is -2.29. The van der Waals surface area contributed by atoms with Crippen LogP contribution in [-0.4, -0.2) is 32.3 Å². The lowest BCUT2D eigenvalue weighted by atomic mass is 9.76. The van der Waals surface area contributed by atoms with Crippen LogP contribution in [0.15, 0.2) is 24.4 Å². The predicted molar refractivity (Wildman–Crippen MR) is 107 cm³/mol. The highest BCUT2D eigenvalue weighted by Crippen LogP contribution is 2.34. The summed E-state index contributed by atoms with van der Waals surface area (Å²) in [7, 11) is 0. The fraction of sp³-hybridized carbons (Fsp3) is 0.381. The van der Waals surface area contributed by atoms with Crippen LogP contribution in [0, 0.1) is 12.3 Å². The van der Waals surface area contributed by atoms with Crippen molar-refractivity contribution in [3.8, 4) is 5.75 Å². The van der Waals surface area contributed by atoms with Crippen LogP contribution in [0.2, 0.25) is 0 Å². The van der Waals surface area contributed by atoms with Gasteiger partial charge in [-0.05, 0) is 31.7 Å². The number of ether oxygens (including phenoxy) is 1. The lowest BCUT2D eigenvalue weighted by Crippen LogP contribution is -2.28. The summed E-state index contributed by atoms with van der Waals surface area (Å²) in [5, 5.41) is 4.03. The first-order valence-corrected chi connectivity index (χ1v) is 9.42. The van der Waals surface area contributed by atoms with E-state index in [1.807, 2.05) is 32.0 Å². The Balaban J connectivity index is 1.71. The molecule has 1 aromatic carbocycles. The van der Waals surface area contributed by atoms with Crippen LogP contribution in [-0.2, 0) is 6.42 Å². The molecule has 3 aromatic rings. The molecule has 0 saturated heterocycles. The molecule has 0 atom stereocenters. The maximum Gasteiger partial charge on any atom is 0.230 e. The Morgan fingerprint density at radius 1 is 1.14 bits per heavy atom. The van der Waals surface area contributed by atoms with Gasteiger partial charge in [0.15, 0.2) is 5.78 Å². The number of para-hydroxylation sites is 1. The zero-order valence-corrected chi connectivity index (χ0v) is 16.5. The third-order valence-corrected chi connectivity index (χ3v) is 4.86. The van der Waals surface area contributed by atoms with E-state index >= 15 is 0 Å². The molecule has 144 valence electrons. The molecule has 0 saturated carbocycles. The van der Waals surface area contributed by atoms with Crippen molar-refractivity contribution in [3.05, 3.63) is 41.3 Å². The van der Waals surface area contributed by atoms with E-state index in [1.165, 1.54) is 0 Å². The standard InChI is InChI=1S/C21H23N5O2/c1-5-28-17-8-6-7-13-12(2)23-20(25-18(13)17)26-19-22-11-14-15(24-19)9-21(3,4)10-16(14)27/h6-8,11H,5,9-10H2,1-4H3,(H,22,23,24,25,26). The lowest BCUT2D eigenvalue weighted by molar-refractivity contribution is 0.0910. The quantitative estimate of drug-likeness (QED) is 0.734. The molecular formula is C21H23N5O2. The summed E-state index contributed by atoms with van der Waals surface area (Å²) in [5.74, 6) is 1.60. The minimum absolute atomic E-state index is 0.0944. The van der Waals surface area contributed by atoms with Gasteiger partial charge < -0.3 is 4.74 Å². The Bertz CT molecular complexity index is 1080. The number of fused-ring (bicyclic) bond motifs is 2. The Morgan fingerprint density at radius 2 is 1.96 bits per heavy atom. The Kier molecular flexibility index (Phi) is 4.45. The normalized spacial score (nSPS) is 15.4. The Morgan fingerprint density at radius 3 is 2.75 bits per heavy atom. The molecular weight excluding hydrogens is 354 g/mol. The average molecular weight is 377 g/mol. The first kappa shape index (κ1) is 18.3. The molecule has 7 nitrogen and oxygen atoms in total. The number of ketones is 1. The highest BCUT2D eigenvalue weighted by Gasteiger charge is 2.32. The molecule has 0 bridgehead atoms. The van der Waals surface area contributed by atoms with Gasteiger partial charge >= 0.3 is 0 Å². The van der Waals surface area contributed by atoms with E-state index in [2.05, 4.69) is 39.1 Å². The van der Waals surface area contributed by atoms with Crippen molar-refractivity contribution in [2.75, 3.05) is 11.9 Å². The van der Waals surface area contributed by atoms with Gasteiger partial charge in [0.05, 0.1) is 23.6 Å². The summed E-state index contributed by atoms with van der Waals surface area (Å²) in [5.41, 5.74) is 2.86. The summed E-state index contributed by atoms with van der Waals surface area (Å²) in [6.07, 6.45) is 2.85. The molecule has 1 N–H and O–H groups in total. The van der Waals surface area contributed by atoms with Gasteiger partial charge in [-0.15, -0.1) is 0 Å². The number of carbonyl (C=O) groups excluding carboxylic acids is 1. The van der Waals surface area contributed by atoms with Crippen molar-refractivity contribution in [1.29, 1.82) is 0 Å². The van der Waals surface area contributed by atoms with E-state index in [0.29, 0.717) is 36.2 Å². The van der Waals surface area contributed by atoms with E-state index in [4.69, 9.17) is 4.74 Å². The summed E-state index contributed by atoms with van der Waals surface area (Å²) in [4.78, 5) is 30.3. The molecule has 0 fully saturated rings. The fourth-order valence-corrected chi connectivity index (χ4v) is 3.60. The van der Waals surface area contributed by atoms with E-state index in [1.54, 1.807) is 6.20 Å². The first-order valence-electron chi connectivity index (χ1n) is 9.42. The summed E-state index contributed by atoms with van der Waals surface area (Å²) < 4.78 is 5.70. The van der Waals surface area contributed by atoms with Crippen molar-refractivity contribution >= 4 is 28.6 Å². The maximum atomic E-state index is 12.3. The van der Waals surface area contributed by atoms with Crippen molar-refractivity contribution in [3.63, 3.8) is 0 Å². The first-order chi connectivity index (χ1) is 13.4. The molecule has 7 heteroatoms. The molecule has 0 aliphatic heterocycles. The zero-order chi connectivity index (χ0) is 19.9. The SMILES string of the molecule is CCOc1cccc2c(C)nc(Nc3ncc4c(n3)CC(C)(C)CC4=O)nc12. The molecule has 1 aliphatic carbocycles. The highest BCUT2D eigenvalue weighted by molar-refractivity contribution is 5.98. The van der Waals surface area contributed by atoms with E-state index in [0.717, 1.165) is 28.7 Å². The third-order valence-electron chi connectivity index (χ3n) is 4.86. The number of aromatic nitrogens is 4. The monoisotopic (exact) mass is 377 g/mol. The largest absolute Gasteiger partial charge is 0.492 e. The average Bonchev–Trinajstić information content (AvgIpc) is 2.61. The second-order valence-corrected chi connectivity index (χ2v) is 7.84. The number of carbonyl (C=O) groups is 1. The van der Waals surface area contributed by atoms with Crippen LogP contribution in [0.25, 0.3) is 10.9 Å². The molecule has 0 spiro atoms. The summed E-state index contributed by atoms with van der Waals surface area (Å²) in [6.45, 7) is 8.58. The van der Waals surface area contributed by atoms with Gasteiger partial charge in [-0.3, -0.25) is 10.1 Å². The second-order valence-electron chi connectivity index (χ2n) is 7.84. The van der Waals surface area contributed by atoms with Crippen LogP contribution in [0.5, 0.6) is 5.75 Å². The van der Waals surface area contributed by atoms with Gasteiger partial charge in [0.25, 0.3) is 0 Å². The van der Waals surface area contributed by atoms with Crippen LogP contribution in [0.4, 0.5) is 11.9 Å². The van der Waals surface area contributed by atoms with Crippen LogP contribution >= 0.6 is 0 Å². The van der Waals surface area contributed by atoms with Crippen molar-refractivity contribution in [1.82, 2.24) is 19.9 Å². The minimum Gasteiger partial charge on any atom is -0.492 e. The van der Waals surface area contributed by atoms with E-state index in [9.17, 15) is 4.79 Å². The summed E-state index contributed by atoms with van der Waals surface area (Å²) in [6, 6.07) is 5.80. The molecule has 4 rings (SSSR count). The van der Waals surface area contributed by atoms with Crippen LogP contribution < -0.4 is 10.1 Å². The van der Waals surface area contributed by atoms with E-state index in [-0.39, 0.29) is 11.2 Å². The van der Waals surface area contributed by atoms with Gasteiger partial charge in [-0.2, -0.15) is 0 Å². The number of nitrogens with zero attached hydrogens (tertiary/aromatic N) is 4. The molecule has 0 unspecified atom stereocenters. The number of nitrogens with one attached hydrogen (secondary N) is 1. The highest BCUT2D eigenvalue weighted by atomic mass is 16.5. The third kappa shape index (κ3) is 3.40. The number of Topliss-reactive ketones (excluding diaryl/α,β-unsaturated/α-hetero) is 1. The van der Waals surface area contributed by atoms with Gasteiger partial charge in [-0.1, -0.05) is 26.0 Å². The fourth-order valence-electron chi connectivity index (χ4n) is 3.60. The van der Waals surface area contributed by atoms with Crippen LogP contribution in [0.3, 0.4) is 0 Å². The molecule has 0 radical (unpaired) electrons. The maximum absolute atomic E-state index is 12.3.